The number of aromatic nitrogens is 3. The van der Waals surface area contributed by atoms with Crippen LogP contribution in [0.2, 0.25) is 0 Å². The molecule has 2 heterocycles. The molecular formula is C24H31N7O6. The lowest BCUT2D eigenvalue weighted by molar-refractivity contribution is -0.145. The number of benzene rings is 1. The number of carboxylic acid groups (broad SMARTS) is 1. The van der Waals surface area contributed by atoms with E-state index in [-0.39, 0.29) is 12.8 Å². The van der Waals surface area contributed by atoms with E-state index < -0.39 is 54.0 Å². The van der Waals surface area contributed by atoms with E-state index in [0.717, 1.165) is 16.5 Å². The van der Waals surface area contributed by atoms with Gasteiger partial charge in [0.1, 0.15) is 12.1 Å². The minimum Gasteiger partial charge on any atom is -0.480 e. The first kappa shape index (κ1) is 27.4. The number of hydrogen-bond donors (Lipinski definition) is 8. The van der Waals surface area contributed by atoms with E-state index in [1.807, 2.05) is 24.3 Å². The Morgan fingerprint density at radius 3 is 2.38 bits per heavy atom. The molecule has 2 aromatic heterocycles. The molecule has 0 spiro atoms. The number of para-hydroxylation sites is 1. The Labute approximate surface area is 212 Å². The number of hydrogen-bond acceptors (Lipinski definition) is 7. The summed E-state index contributed by atoms with van der Waals surface area (Å²) in [5, 5.41) is 27.0. The summed E-state index contributed by atoms with van der Waals surface area (Å²) >= 11 is 0. The van der Waals surface area contributed by atoms with Gasteiger partial charge in [-0.1, -0.05) is 18.2 Å². The lowest BCUT2D eigenvalue weighted by atomic mass is 10.0. The van der Waals surface area contributed by atoms with Crippen LogP contribution in [0.5, 0.6) is 0 Å². The fourth-order valence-corrected chi connectivity index (χ4v) is 3.78. The van der Waals surface area contributed by atoms with Gasteiger partial charge in [0, 0.05) is 35.4 Å². The number of nitrogens with two attached hydrogens (primary N) is 1. The van der Waals surface area contributed by atoms with Crippen molar-refractivity contribution in [2.45, 2.75) is 57.0 Å². The monoisotopic (exact) mass is 513 g/mol. The smallest absolute Gasteiger partial charge is 0.328 e. The average molecular weight is 514 g/mol. The van der Waals surface area contributed by atoms with E-state index in [1.165, 1.54) is 26.4 Å². The molecule has 5 unspecified atom stereocenters. The molecule has 13 nitrogen and oxygen atoms in total. The molecule has 3 rings (SSSR count). The van der Waals surface area contributed by atoms with E-state index in [4.69, 9.17) is 10.8 Å². The van der Waals surface area contributed by atoms with Crippen LogP contribution in [-0.2, 0) is 32.0 Å². The van der Waals surface area contributed by atoms with Gasteiger partial charge >= 0.3 is 5.97 Å². The summed E-state index contributed by atoms with van der Waals surface area (Å²) < 4.78 is 0. The van der Waals surface area contributed by atoms with Gasteiger partial charge in [0.05, 0.1) is 18.5 Å². The number of amides is 3. The molecule has 0 radical (unpaired) electrons. The van der Waals surface area contributed by atoms with Crippen LogP contribution in [0.4, 0.5) is 0 Å². The van der Waals surface area contributed by atoms with Gasteiger partial charge in [0.2, 0.25) is 17.7 Å². The standard InChI is InChI=1S/C24H31N7O6/c1-12(21(33)31-20(13(2)32)24(36)37)29-23(35)19(8-15-10-26-11-28-15)30-22(34)17(25)7-14-9-27-18-6-4-3-5-16(14)18/h3-6,9-13,17,19-20,27,32H,7-8,25H2,1-2H3,(H,26,28)(H,29,35)(H,30,34)(H,31,33)(H,36,37). The molecule has 3 amide bonds. The quantitative estimate of drug-likeness (QED) is 0.149. The molecule has 1 aromatic carbocycles. The topological polar surface area (TPSA) is 215 Å². The molecule has 198 valence electrons. The highest BCUT2D eigenvalue weighted by Crippen LogP contribution is 2.18. The Kier molecular flexibility index (Phi) is 8.98. The maximum Gasteiger partial charge on any atom is 0.328 e. The molecular weight excluding hydrogens is 482 g/mol. The fourth-order valence-electron chi connectivity index (χ4n) is 3.78. The summed E-state index contributed by atoms with van der Waals surface area (Å²) in [6.07, 6.45) is 3.61. The van der Waals surface area contributed by atoms with Crippen LogP contribution < -0.4 is 21.7 Å². The molecule has 0 aliphatic carbocycles. The van der Waals surface area contributed by atoms with E-state index in [0.29, 0.717) is 5.69 Å². The highest BCUT2D eigenvalue weighted by atomic mass is 16.4. The second-order valence-corrected chi connectivity index (χ2v) is 8.81. The molecule has 0 aliphatic rings. The van der Waals surface area contributed by atoms with Crippen LogP contribution in [0.25, 0.3) is 10.9 Å². The van der Waals surface area contributed by atoms with Crippen molar-refractivity contribution in [3.05, 3.63) is 54.2 Å². The van der Waals surface area contributed by atoms with Crippen LogP contribution in [0.3, 0.4) is 0 Å². The second-order valence-electron chi connectivity index (χ2n) is 8.81. The number of carbonyl (C=O) groups is 4. The highest BCUT2D eigenvalue weighted by Gasteiger charge is 2.30. The first-order chi connectivity index (χ1) is 17.6. The van der Waals surface area contributed by atoms with Crippen molar-refractivity contribution >= 4 is 34.6 Å². The third kappa shape index (κ3) is 7.15. The van der Waals surface area contributed by atoms with Crippen molar-refractivity contribution in [3.63, 3.8) is 0 Å². The molecule has 37 heavy (non-hydrogen) atoms. The Morgan fingerprint density at radius 2 is 1.73 bits per heavy atom. The third-order valence-corrected chi connectivity index (χ3v) is 5.86. The number of H-pyrrole nitrogens is 2. The highest BCUT2D eigenvalue weighted by molar-refractivity contribution is 5.94. The molecule has 0 saturated heterocycles. The zero-order chi connectivity index (χ0) is 27.1. The summed E-state index contributed by atoms with van der Waals surface area (Å²) in [6.45, 7) is 2.57. The number of fused-ring (bicyclic) bond motifs is 1. The van der Waals surface area contributed by atoms with Gasteiger partial charge in [0.15, 0.2) is 6.04 Å². The van der Waals surface area contributed by atoms with Crippen LogP contribution in [-0.4, -0.2) is 79.1 Å². The Hall–Kier alpha value is -4.23. The normalized spacial score (nSPS) is 15.2. The summed E-state index contributed by atoms with van der Waals surface area (Å²) in [5.41, 5.74) is 8.48. The number of carboxylic acids is 1. The molecule has 0 saturated carbocycles. The minimum absolute atomic E-state index is 0.0388. The Balaban J connectivity index is 1.67. The number of imidazole rings is 1. The van der Waals surface area contributed by atoms with Crippen molar-refractivity contribution < 1.29 is 29.4 Å². The van der Waals surface area contributed by atoms with Gasteiger partial charge in [-0.3, -0.25) is 14.4 Å². The number of nitrogens with one attached hydrogen (secondary N) is 5. The molecule has 0 bridgehead atoms. The zero-order valence-electron chi connectivity index (χ0n) is 20.4. The number of aliphatic hydroxyl groups excluding tert-OH is 1. The van der Waals surface area contributed by atoms with Crippen molar-refractivity contribution in [2.24, 2.45) is 5.73 Å². The Bertz CT molecular complexity index is 1240. The second kappa shape index (κ2) is 12.1. The van der Waals surface area contributed by atoms with Crippen LogP contribution in [0.15, 0.2) is 43.0 Å². The number of aromatic amines is 2. The number of nitrogens with zero attached hydrogens (tertiary/aromatic N) is 1. The predicted molar refractivity (Wildman–Crippen MR) is 133 cm³/mol. The molecule has 5 atom stereocenters. The number of aliphatic hydroxyl groups is 1. The summed E-state index contributed by atoms with van der Waals surface area (Å²) in [7, 11) is 0. The number of rotatable bonds is 12. The maximum absolute atomic E-state index is 13.0. The van der Waals surface area contributed by atoms with Gasteiger partial charge < -0.3 is 41.9 Å². The fraction of sp³-hybridized carbons (Fsp3) is 0.375. The van der Waals surface area contributed by atoms with Crippen molar-refractivity contribution in [3.8, 4) is 0 Å². The van der Waals surface area contributed by atoms with Crippen molar-refractivity contribution in [1.29, 1.82) is 0 Å². The first-order valence-corrected chi connectivity index (χ1v) is 11.7. The molecule has 0 aliphatic heterocycles. The average Bonchev–Trinajstić information content (AvgIpc) is 3.51. The van der Waals surface area contributed by atoms with E-state index in [2.05, 4.69) is 30.9 Å². The maximum atomic E-state index is 13.0. The molecule has 13 heteroatoms. The lowest BCUT2D eigenvalue weighted by Crippen LogP contribution is -2.58. The molecule has 3 aromatic rings. The van der Waals surface area contributed by atoms with Crippen molar-refractivity contribution in [2.75, 3.05) is 0 Å². The van der Waals surface area contributed by atoms with Gasteiger partial charge in [-0.05, 0) is 31.9 Å². The SMILES string of the molecule is CC(NC(=O)C(Cc1cnc[nH]1)NC(=O)C(N)Cc1c[nH]c2ccccc12)C(=O)NC(C(=O)O)C(C)O. The summed E-state index contributed by atoms with van der Waals surface area (Å²) in [6, 6.07) is 2.83. The minimum atomic E-state index is -1.55. The zero-order valence-corrected chi connectivity index (χ0v) is 20.4. The molecule has 9 N–H and O–H groups in total. The van der Waals surface area contributed by atoms with E-state index in [9.17, 15) is 24.3 Å². The van der Waals surface area contributed by atoms with Gasteiger partial charge in [-0.2, -0.15) is 0 Å². The van der Waals surface area contributed by atoms with Crippen LogP contribution in [0, 0.1) is 0 Å². The number of carbonyl (C=O) groups excluding carboxylic acids is 3. The largest absolute Gasteiger partial charge is 0.480 e. The summed E-state index contributed by atoms with van der Waals surface area (Å²) in [5.74, 6) is -3.49. The molecule has 0 fully saturated rings. The predicted octanol–water partition coefficient (Wildman–Crippen LogP) is -1.06. The third-order valence-electron chi connectivity index (χ3n) is 5.86. The lowest BCUT2D eigenvalue weighted by Gasteiger charge is -2.24. The van der Waals surface area contributed by atoms with Gasteiger partial charge in [-0.15, -0.1) is 0 Å². The van der Waals surface area contributed by atoms with Gasteiger partial charge in [-0.25, -0.2) is 9.78 Å². The Morgan fingerprint density at radius 1 is 1.00 bits per heavy atom. The summed E-state index contributed by atoms with van der Waals surface area (Å²) in [4.78, 5) is 59.5. The van der Waals surface area contributed by atoms with Crippen LogP contribution >= 0.6 is 0 Å². The van der Waals surface area contributed by atoms with Crippen molar-refractivity contribution in [1.82, 2.24) is 30.9 Å². The van der Waals surface area contributed by atoms with Gasteiger partial charge in [0.25, 0.3) is 0 Å². The van der Waals surface area contributed by atoms with E-state index >= 15 is 0 Å². The first-order valence-electron chi connectivity index (χ1n) is 11.7. The van der Waals surface area contributed by atoms with E-state index in [1.54, 1.807) is 6.20 Å². The van der Waals surface area contributed by atoms with Crippen LogP contribution in [0.1, 0.15) is 25.1 Å². The number of aliphatic carboxylic acids is 1.